The Bertz CT molecular complexity index is 892. The number of hydrogen-bond acceptors (Lipinski definition) is 2. The van der Waals surface area contributed by atoms with Crippen molar-refractivity contribution in [2.45, 2.75) is 31.5 Å². The molecule has 0 aromatic heterocycles. The topological polar surface area (TPSA) is 41.1 Å². The number of anilines is 1. The monoisotopic (exact) mass is 452 g/mol. The molecule has 3 rings (SSSR count). The number of nitrogens with one attached hydrogen (secondary N) is 2. The van der Waals surface area contributed by atoms with Crippen molar-refractivity contribution in [2.24, 2.45) is 0 Å². The van der Waals surface area contributed by atoms with Crippen molar-refractivity contribution in [3.8, 4) is 0 Å². The third-order valence-electron chi connectivity index (χ3n) is 4.75. The van der Waals surface area contributed by atoms with Gasteiger partial charge in [-0.05, 0) is 67.3 Å². The fraction of sp³-hybridized carbons (Fsp3) is 0.286. The number of alkyl halides is 3. The molecule has 148 valence electrons. The standard InChI is InChI=1S/C21H20BrF3N2O/c1-26-19-10-9-16(22)12-18(19)14-3-2-4-17(11-14)27-20(28)13-5-7-15(8-6-13)21(23,24)25/h5-12,17,26H,2-4H2,1H3,(H,27,28). The van der Waals surface area contributed by atoms with E-state index in [2.05, 4.69) is 26.6 Å². The molecule has 0 fully saturated rings. The summed E-state index contributed by atoms with van der Waals surface area (Å²) in [5.74, 6) is -0.376. The summed E-state index contributed by atoms with van der Waals surface area (Å²) in [6, 6.07) is 10.1. The van der Waals surface area contributed by atoms with E-state index in [4.69, 9.17) is 0 Å². The van der Waals surface area contributed by atoms with Gasteiger partial charge in [0.1, 0.15) is 0 Å². The lowest BCUT2D eigenvalue weighted by atomic mass is 9.90. The lowest BCUT2D eigenvalue weighted by molar-refractivity contribution is -0.137. The number of carbonyl (C=O) groups is 1. The van der Waals surface area contributed by atoms with E-state index in [0.717, 1.165) is 52.7 Å². The molecule has 2 aromatic rings. The predicted octanol–water partition coefficient (Wildman–Crippen LogP) is 5.88. The normalized spacial score (nSPS) is 17.0. The first-order valence-corrected chi connectivity index (χ1v) is 9.73. The van der Waals surface area contributed by atoms with Crippen molar-refractivity contribution >= 4 is 33.1 Å². The van der Waals surface area contributed by atoms with Crippen molar-refractivity contribution in [3.05, 3.63) is 69.7 Å². The largest absolute Gasteiger partial charge is 0.416 e. The molecule has 0 aliphatic heterocycles. The zero-order chi connectivity index (χ0) is 20.3. The van der Waals surface area contributed by atoms with Gasteiger partial charge in [-0.3, -0.25) is 4.79 Å². The molecule has 28 heavy (non-hydrogen) atoms. The predicted molar refractivity (Wildman–Crippen MR) is 108 cm³/mol. The SMILES string of the molecule is CNc1ccc(Br)cc1C1=CC(NC(=O)c2ccc(C(F)(F)F)cc2)CCC1. The molecule has 1 amide bonds. The van der Waals surface area contributed by atoms with Gasteiger partial charge < -0.3 is 10.6 Å². The first kappa shape index (κ1) is 20.5. The molecule has 1 unspecified atom stereocenters. The summed E-state index contributed by atoms with van der Waals surface area (Å²) in [4.78, 5) is 12.5. The molecular weight excluding hydrogens is 433 g/mol. The lowest BCUT2D eigenvalue weighted by Crippen LogP contribution is -2.34. The maximum absolute atomic E-state index is 12.7. The summed E-state index contributed by atoms with van der Waals surface area (Å²) in [6.45, 7) is 0. The highest BCUT2D eigenvalue weighted by Crippen LogP contribution is 2.34. The Morgan fingerprint density at radius 2 is 1.86 bits per heavy atom. The number of halogens is 4. The third-order valence-corrected chi connectivity index (χ3v) is 5.24. The molecule has 0 saturated carbocycles. The Morgan fingerprint density at radius 3 is 2.50 bits per heavy atom. The van der Waals surface area contributed by atoms with Gasteiger partial charge in [0.25, 0.3) is 5.91 Å². The van der Waals surface area contributed by atoms with Crippen LogP contribution in [0.4, 0.5) is 18.9 Å². The van der Waals surface area contributed by atoms with Crippen LogP contribution in [0.2, 0.25) is 0 Å². The number of allylic oxidation sites excluding steroid dienone is 1. The molecule has 1 aliphatic rings. The van der Waals surface area contributed by atoms with Crippen molar-refractivity contribution in [3.63, 3.8) is 0 Å². The lowest BCUT2D eigenvalue weighted by Gasteiger charge is -2.24. The van der Waals surface area contributed by atoms with Gasteiger partial charge in [0, 0.05) is 34.4 Å². The average molecular weight is 453 g/mol. The second-order valence-electron chi connectivity index (χ2n) is 6.68. The van der Waals surface area contributed by atoms with Gasteiger partial charge in [0.05, 0.1) is 5.56 Å². The Kier molecular flexibility index (Phi) is 6.13. The number of benzene rings is 2. The molecule has 0 bridgehead atoms. The minimum Gasteiger partial charge on any atom is -0.388 e. The molecule has 1 aliphatic carbocycles. The third kappa shape index (κ3) is 4.76. The quantitative estimate of drug-likeness (QED) is 0.608. The summed E-state index contributed by atoms with van der Waals surface area (Å²) >= 11 is 3.49. The fourth-order valence-corrected chi connectivity index (χ4v) is 3.68. The van der Waals surface area contributed by atoms with E-state index in [1.165, 1.54) is 12.1 Å². The fourth-order valence-electron chi connectivity index (χ4n) is 3.32. The van der Waals surface area contributed by atoms with Crippen LogP contribution in [-0.4, -0.2) is 19.0 Å². The van der Waals surface area contributed by atoms with Crippen molar-refractivity contribution in [2.75, 3.05) is 12.4 Å². The molecule has 0 radical (unpaired) electrons. The van der Waals surface area contributed by atoms with E-state index >= 15 is 0 Å². The van der Waals surface area contributed by atoms with E-state index in [9.17, 15) is 18.0 Å². The second kappa shape index (κ2) is 8.39. The van der Waals surface area contributed by atoms with Gasteiger partial charge in [-0.15, -0.1) is 0 Å². The first-order valence-electron chi connectivity index (χ1n) is 8.94. The number of hydrogen-bond donors (Lipinski definition) is 2. The highest BCUT2D eigenvalue weighted by molar-refractivity contribution is 9.10. The molecule has 0 heterocycles. The Labute approximate surface area is 170 Å². The Balaban J connectivity index is 1.76. The molecule has 1 atom stereocenters. The minimum atomic E-state index is -4.41. The summed E-state index contributed by atoms with van der Waals surface area (Å²) in [5, 5.41) is 6.09. The molecule has 7 heteroatoms. The van der Waals surface area contributed by atoms with Crippen LogP contribution < -0.4 is 10.6 Å². The summed E-state index contributed by atoms with van der Waals surface area (Å²) < 4.78 is 39.0. The summed E-state index contributed by atoms with van der Waals surface area (Å²) in [5.41, 5.74) is 2.66. The van der Waals surface area contributed by atoms with Crippen LogP contribution in [-0.2, 0) is 6.18 Å². The van der Waals surface area contributed by atoms with Crippen LogP contribution in [0.3, 0.4) is 0 Å². The van der Waals surface area contributed by atoms with Crippen LogP contribution >= 0.6 is 15.9 Å². The van der Waals surface area contributed by atoms with Gasteiger partial charge in [-0.25, -0.2) is 0 Å². The molecule has 0 spiro atoms. The van der Waals surface area contributed by atoms with Gasteiger partial charge in [0.15, 0.2) is 0 Å². The maximum atomic E-state index is 12.7. The number of rotatable bonds is 4. The van der Waals surface area contributed by atoms with Crippen LogP contribution in [0.1, 0.15) is 40.7 Å². The van der Waals surface area contributed by atoms with E-state index in [1.54, 1.807) is 0 Å². The van der Waals surface area contributed by atoms with Gasteiger partial charge in [-0.1, -0.05) is 22.0 Å². The highest BCUT2D eigenvalue weighted by Gasteiger charge is 2.30. The van der Waals surface area contributed by atoms with Crippen molar-refractivity contribution in [1.82, 2.24) is 5.32 Å². The van der Waals surface area contributed by atoms with E-state index in [0.29, 0.717) is 0 Å². The average Bonchev–Trinajstić information content (AvgIpc) is 2.67. The maximum Gasteiger partial charge on any atom is 0.416 e. The molecular formula is C21H20BrF3N2O. The van der Waals surface area contributed by atoms with Gasteiger partial charge in [0.2, 0.25) is 0 Å². The number of amides is 1. The van der Waals surface area contributed by atoms with Crippen LogP contribution in [0, 0.1) is 0 Å². The van der Waals surface area contributed by atoms with E-state index < -0.39 is 11.7 Å². The Morgan fingerprint density at radius 1 is 1.14 bits per heavy atom. The van der Waals surface area contributed by atoms with Crippen molar-refractivity contribution < 1.29 is 18.0 Å². The molecule has 3 nitrogen and oxygen atoms in total. The van der Waals surface area contributed by atoms with Crippen LogP contribution in [0.5, 0.6) is 0 Å². The molecule has 2 aromatic carbocycles. The Hall–Kier alpha value is -2.28. The van der Waals surface area contributed by atoms with E-state index in [1.807, 2.05) is 31.3 Å². The van der Waals surface area contributed by atoms with Crippen molar-refractivity contribution in [1.29, 1.82) is 0 Å². The minimum absolute atomic E-state index is 0.165. The van der Waals surface area contributed by atoms with Gasteiger partial charge >= 0.3 is 6.18 Å². The first-order chi connectivity index (χ1) is 13.3. The summed E-state index contributed by atoms with van der Waals surface area (Å²) in [7, 11) is 1.86. The zero-order valence-corrected chi connectivity index (χ0v) is 16.8. The molecule has 0 saturated heterocycles. The smallest absolute Gasteiger partial charge is 0.388 e. The summed E-state index contributed by atoms with van der Waals surface area (Å²) in [6.07, 6.45) is 0.231. The van der Waals surface area contributed by atoms with Crippen LogP contribution in [0.15, 0.2) is 53.0 Å². The van der Waals surface area contributed by atoms with Crippen LogP contribution in [0.25, 0.3) is 5.57 Å². The van der Waals surface area contributed by atoms with E-state index in [-0.39, 0.29) is 17.5 Å². The van der Waals surface area contributed by atoms with Gasteiger partial charge in [-0.2, -0.15) is 13.2 Å². The molecule has 2 N–H and O–H groups in total. The highest BCUT2D eigenvalue weighted by atomic mass is 79.9. The zero-order valence-electron chi connectivity index (χ0n) is 15.2. The number of carbonyl (C=O) groups excluding carboxylic acids is 1. The second-order valence-corrected chi connectivity index (χ2v) is 7.59.